The molecule has 2 amide bonds. The number of piperidine rings is 1. The fourth-order valence-corrected chi connectivity index (χ4v) is 4.81. The Morgan fingerprint density at radius 1 is 0.963 bits per heavy atom. The number of nitrogens with one attached hydrogen (secondary N) is 1. The zero-order valence-electron chi connectivity index (χ0n) is 15.8. The van der Waals surface area contributed by atoms with Crippen LogP contribution in [0.15, 0.2) is 24.3 Å². The number of hydrogen-bond acceptors (Lipinski definition) is 4. The van der Waals surface area contributed by atoms with Crippen molar-refractivity contribution >= 4 is 23.2 Å². The third-order valence-corrected chi connectivity index (χ3v) is 6.35. The van der Waals surface area contributed by atoms with Gasteiger partial charge in [0.2, 0.25) is 0 Å². The van der Waals surface area contributed by atoms with Gasteiger partial charge in [-0.25, -0.2) is 0 Å². The molecule has 27 heavy (non-hydrogen) atoms. The molecule has 3 aliphatic rings. The first-order valence-corrected chi connectivity index (χ1v) is 10.2. The highest BCUT2D eigenvalue weighted by atomic mass is 16.3. The highest BCUT2D eigenvalue weighted by Crippen LogP contribution is 2.36. The van der Waals surface area contributed by atoms with Crippen LogP contribution in [0.3, 0.4) is 0 Å². The third-order valence-electron chi connectivity index (χ3n) is 6.35. The zero-order chi connectivity index (χ0) is 18.8. The van der Waals surface area contributed by atoms with Crippen LogP contribution in [0.2, 0.25) is 0 Å². The van der Waals surface area contributed by atoms with Crippen molar-refractivity contribution in [1.29, 1.82) is 0 Å². The van der Waals surface area contributed by atoms with E-state index in [4.69, 9.17) is 0 Å². The van der Waals surface area contributed by atoms with Crippen LogP contribution >= 0.6 is 0 Å². The molecule has 3 atom stereocenters. The first kappa shape index (κ1) is 18.3. The lowest BCUT2D eigenvalue weighted by molar-refractivity contribution is -0.142. The molecular weight excluding hydrogens is 342 g/mol. The first-order valence-electron chi connectivity index (χ1n) is 10.2. The molecule has 2 heterocycles. The summed E-state index contributed by atoms with van der Waals surface area (Å²) >= 11 is 0. The van der Waals surface area contributed by atoms with Gasteiger partial charge in [0.05, 0.1) is 6.10 Å². The number of benzene rings is 1. The van der Waals surface area contributed by atoms with E-state index in [9.17, 15) is 14.7 Å². The number of anilines is 2. The van der Waals surface area contributed by atoms with Crippen LogP contribution in [0.25, 0.3) is 0 Å². The molecule has 2 aliphatic heterocycles. The van der Waals surface area contributed by atoms with Gasteiger partial charge in [0.25, 0.3) is 0 Å². The van der Waals surface area contributed by atoms with Crippen LogP contribution in [0.5, 0.6) is 0 Å². The lowest BCUT2D eigenvalue weighted by atomic mass is 9.80. The summed E-state index contributed by atoms with van der Waals surface area (Å²) in [5.74, 6) is -0.276. The second-order valence-corrected chi connectivity index (χ2v) is 8.25. The first-order chi connectivity index (χ1) is 13.1. The largest absolute Gasteiger partial charge is 0.393 e. The van der Waals surface area contributed by atoms with E-state index >= 15 is 0 Å². The van der Waals surface area contributed by atoms with Crippen LogP contribution < -0.4 is 10.2 Å². The molecule has 3 fully saturated rings. The van der Waals surface area contributed by atoms with E-state index in [1.165, 1.54) is 24.9 Å². The smallest absolute Gasteiger partial charge is 0.313 e. The molecule has 0 radical (unpaired) electrons. The van der Waals surface area contributed by atoms with Gasteiger partial charge >= 0.3 is 11.8 Å². The molecular formula is C21H29N3O3. The molecule has 2 saturated heterocycles. The number of likely N-dealkylation sites (tertiary alicyclic amines) is 1. The van der Waals surface area contributed by atoms with Crippen LogP contribution in [-0.4, -0.2) is 54.1 Å². The molecule has 1 aromatic carbocycles. The minimum atomic E-state index is -0.570. The lowest BCUT2D eigenvalue weighted by Crippen LogP contribution is -2.38. The maximum atomic E-state index is 12.5. The number of aliphatic hydroxyl groups excluding tert-OH is 1. The maximum Gasteiger partial charge on any atom is 0.313 e. The highest BCUT2D eigenvalue weighted by Gasteiger charge is 2.40. The lowest BCUT2D eigenvalue weighted by Gasteiger charge is -2.28. The molecule has 0 aromatic heterocycles. The van der Waals surface area contributed by atoms with E-state index in [1.54, 1.807) is 4.90 Å². The molecule has 3 unspecified atom stereocenters. The number of amides is 2. The van der Waals surface area contributed by atoms with Gasteiger partial charge in [0.15, 0.2) is 0 Å². The Hall–Kier alpha value is -2.08. The summed E-state index contributed by atoms with van der Waals surface area (Å²) in [5, 5.41) is 12.6. The summed E-state index contributed by atoms with van der Waals surface area (Å²) in [6.07, 6.45) is 5.98. The number of rotatable bonds is 2. The highest BCUT2D eigenvalue weighted by molar-refractivity contribution is 6.39. The van der Waals surface area contributed by atoms with Crippen LogP contribution in [0.1, 0.15) is 38.5 Å². The molecule has 1 aromatic rings. The van der Waals surface area contributed by atoms with Crippen molar-refractivity contribution in [1.82, 2.24) is 4.90 Å². The third kappa shape index (κ3) is 4.10. The van der Waals surface area contributed by atoms with Gasteiger partial charge in [-0.2, -0.15) is 0 Å². The summed E-state index contributed by atoms with van der Waals surface area (Å²) in [7, 11) is 0. The molecule has 1 saturated carbocycles. The van der Waals surface area contributed by atoms with E-state index in [2.05, 4.69) is 10.2 Å². The number of carbonyl (C=O) groups is 2. The fraction of sp³-hybridized carbons (Fsp3) is 0.619. The topological polar surface area (TPSA) is 72.9 Å². The van der Waals surface area contributed by atoms with E-state index < -0.39 is 11.8 Å². The summed E-state index contributed by atoms with van der Waals surface area (Å²) in [6, 6.07) is 7.76. The van der Waals surface area contributed by atoms with Gasteiger partial charge in [0.1, 0.15) is 0 Å². The number of hydrogen-bond donors (Lipinski definition) is 2. The second-order valence-electron chi connectivity index (χ2n) is 8.25. The maximum absolute atomic E-state index is 12.5. The van der Waals surface area contributed by atoms with Gasteiger partial charge in [0, 0.05) is 37.6 Å². The van der Waals surface area contributed by atoms with Crippen LogP contribution in [-0.2, 0) is 9.59 Å². The van der Waals surface area contributed by atoms with E-state index in [-0.39, 0.29) is 6.10 Å². The van der Waals surface area contributed by atoms with Gasteiger partial charge in [-0.15, -0.1) is 0 Å². The predicted octanol–water partition coefficient (Wildman–Crippen LogP) is 2.23. The molecule has 6 nitrogen and oxygen atoms in total. The summed E-state index contributed by atoms with van der Waals surface area (Å²) in [5.41, 5.74) is 1.82. The predicted molar refractivity (Wildman–Crippen MR) is 105 cm³/mol. The minimum absolute atomic E-state index is 0.256. The minimum Gasteiger partial charge on any atom is -0.393 e. The molecule has 6 heteroatoms. The van der Waals surface area contributed by atoms with Crippen molar-refractivity contribution in [3.63, 3.8) is 0 Å². The van der Waals surface area contributed by atoms with Crippen molar-refractivity contribution in [2.75, 3.05) is 36.4 Å². The van der Waals surface area contributed by atoms with Crippen molar-refractivity contribution in [2.24, 2.45) is 11.8 Å². The average molecular weight is 371 g/mol. The number of aliphatic hydroxyl groups is 1. The van der Waals surface area contributed by atoms with E-state index in [0.29, 0.717) is 30.6 Å². The summed E-state index contributed by atoms with van der Waals surface area (Å²) < 4.78 is 0. The Kier molecular flexibility index (Phi) is 5.34. The SMILES string of the molecule is O=C(Nc1ccc(N2CCCCC2)cc1)C(=O)N1CC2CCC(O)CC2C1. The Labute approximate surface area is 160 Å². The Morgan fingerprint density at radius 2 is 1.67 bits per heavy atom. The van der Waals surface area contributed by atoms with Crippen LogP contribution in [0.4, 0.5) is 11.4 Å². The van der Waals surface area contributed by atoms with Crippen molar-refractivity contribution in [3.8, 4) is 0 Å². The molecule has 2 N–H and O–H groups in total. The normalized spacial score (nSPS) is 28.0. The Morgan fingerprint density at radius 3 is 2.41 bits per heavy atom. The van der Waals surface area contributed by atoms with Crippen molar-refractivity contribution in [3.05, 3.63) is 24.3 Å². The van der Waals surface area contributed by atoms with Gasteiger partial charge in [-0.05, 0) is 74.6 Å². The Balaban J connectivity index is 1.32. The number of fused-ring (bicyclic) bond motifs is 1. The quantitative estimate of drug-likeness (QED) is 0.782. The van der Waals surface area contributed by atoms with Crippen LogP contribution in [0, 0.1) is 11.8 Å². The van der Waals surface area contributed by atoms with E-state index in [1.807, 2.05) is 24.3 Å². The average Bonchev–Trinajstić information content (AvgIpc) is 3.11. The van der Waals surface area contributed by atoms with Crippen molar-refractivity contribution < 1.29 is 14.7 Å². The van der Waals surface area contributed by atoms with Gasteiger partial charge in [-0.1, -0.05) is 0 Å². The van der Waals surface area contributed by atoms with Crippen molar-refractivity contribution in [2.45, 2.75) is 44.6 Å². The molecule has 1 aliphatic carbocycles. The monoisotopic (exact) mass is 371 g/mol. The number of carbonyl (C=O) groups excluding carboxylic acids is 2. The molecule has 146 valence electrons. The van der Waals surface area contributed by atoms with Gasteiger partial charge in [-0.3, -0.25) is 9.59 Å². The Bertz CT molecular complexity index is 684. The number of nitrogens with zero attached hydrogens (tertiary/aromatic N) is 2. The standard InChI is InChI=1S/C21H29N3O3/c25-19-9-4-15-13-24(14-16(15)12-19)21(27)20(26)22-17-5-7-18(8-6-17)23-10-2-1-3-11-23/h5-8,15-16,19,25H,1-4,9-14H2,(H,22,26). The molecule has 0 spiro atoms. The van der Waals surface area contributed by atoms with Gasteiger partial charge < -0.3 is 20.2 Å². The molecule has 0 bridgehead atoms. The fourth-order valence-electron chi connectivity index (χ4n) is 4.81. The second kappa shape index (κ2) is 7.89. The summed E-state index contributed by atoms with van der Waals surface area (Å²) in [6.45, 7) is 3.38. The molecule has 4 rings (SSSR count). The summed E-state index contributed by atoms with van der Waals surface area (Å²) in [4.78, 5) is 28.9. The zero-order valence-corrected chi connectivity index (χ0v) is 15.8. The van der Waals surface area contributed by atoms with E-state index in [0.717, 1.165) is 32.4 Å².